The summed E-state index contributed by atoms with van der Waals surface area (Å²) in [5.74, 6) is 0.508. The standard InChI is InChI=1S/C12H28N4O/c1-5-16(6-2)9-7-8-14-12(13)15-11(3)10-17-4/h11H,5-10H2,1-4H3,(H3,13,14,15). The lowest BCUT2D eigenvalue weighted by Crippen LogP contribution is -2.40. The van der Waals surface area contributed by atoms with E-state index in [4.69, 9.17) is 10.5 Å². The van der Waals surface area contributed by atoms with Crippen LogP contribution in [0.3, 0.4) is 0 Å². The lowest BCUT2D eigenvalue weighted by molar-refractivity contribution is 0.179. The lowest BCUT2D eigenvalue weighted by atomic mass is 10.3. The Morgan fingerprint density at radius 2 is 2.06 bits per heavy atom. The predicted octanol–water partition coefficient (Wildman–Crippen LogP) is 0.658. The minimum Gasteiger partial charge on any atom is -0.383 e. The van der Waals surface area contributed by atoms with Crippen molar-refractivity contribution >= 4 is 5.96 Å². The Morgan fingerprint density at radius 3 is 2.59 bits per heavy atom. The molecule has 0 amide bonds. The van der Waals surface area contributed by atoms with Gasteiger partial charge in [-0.2, -0.15) is 0 Å². The van der Waals surface area contributed by atoms with E-state index in [0.29, 0.717) is 12.6 Å². The van der Waals surface area contributed by atoms with E-state index in [-0.39, 0.29) is 6.04 Å². The van der Waals surface area contributed by atoms with Crippen LogP contribution in [0.2, 0.25) is 0 Å². The molecule has 0 saturated heterocycles. The van der Waals surface area contributed by atoms with Crippen LogP contribution in [0.4, 0.5) is 0 Å². The molecule has 1 atom stereocenters. The highest BCUT2D eigenvalue weighted by molar-refractivity contribution is 5.78. The molecule has 0 aliphatic carbocycles. The molecule has 0 fully saturated rings. The van der Waals surface area contributed by atoms with Gasteiger partial charge < -0.3 is 20.7 Å². The molecule has 0 saturated carbocycles. The van der Waals surface area contributed by atoms with Crippen molar-refractivity contribution in [3.8, 4) is 0 Å². The highest BCUT2D eigenvalue weighted by atomic mass is 16.5. The van der Waals surface area contributed by atoms with Crippen LogP contribution in [-0.2, 0) is 4.74 Å². The third-order valence-electron chi connectivity index (χ3n) is 2.62. The second kappa shape index (κ2) is 10.4. The van der Waals surface area contributed by atoms with E-state index in [1.165, 1.54) is 0 Å². The molecule has 0 aliphatic rings. The summed E-state index contributed by atoms with van der Waals surface area (Å²) in [6, 6.07) is 0.200. The van der Waals surface area contributed by atoms with Crippen LogP contribution in [0, 0.1) is 0 Å². The average Bonchev–Trinajstić information content (AvgIpc) is 2.29. The van der Waals surface area contributed by atoms with E-state index < -0.39 is 0 Å². The van der Waals surface area contributed by atoms with Crippen molar-refractivity contribution in [1.29, 1.82) is 0 Å². The summed E-state index contributed by atoms with van der Waals surface area (Å²) in [7, 11) is 1.68. The molecular weight excluding hydrogens is 216 g/mol. The molecule has 0 heterocycles. The normalized spacial score (nSPS) is 14.1. The van der Waals surface area contributed by atoms with E-state index >= 15 is 0 Å². The van der Waals surface area contributed by atoms with Crippen molar-refractivity contribution in [3.63, 3.8) is 0 Å². The Balaban J connectivity index is 3.69. The van der Waals surface area contributed by atoms with E-state index in [0.717, 1.165) is 32.6 Å². The quantitative estimate of drug-likeness (QED) is 0.355. The topological polar surface area (TPSA) is 62.9 Å². The lowest BCUT2D eigenvalue weighted by Gasteiger charge is -2.17. The molecule has 0 rings (SSSR count). The second-order valence-electron chi connectivity index (χ2n) is 4.15. The van der Waals surface area contributed by atoms with Crippen LogP contribution in [0.15, 0.2) is 4.99 Å². The molecule has 0 aromatic heterocycles. The monoisotopic (exact) mass is 244 g/mol. The fraction of sp³-hybridized carbons (Fsp3) is 0.917. The summed E-state index contributed by atoms with van der Waals surface area (Å²) in [4.78, 5) is 6.67. The van der Waals surface area contributed by atoms with E-state index in [2.05, 4.69) is 29.1 Å². The molecule has 0 bridgehead atoms. The van der Waals surface area contributed by atoms with Crippen LogP contribution in [-0.4, -0.2) is 56.8 Å². The SMILES string of the molecule is CCN(CC)CCCN=C(N)NC(C)COC. The summed E-state index contributed by atoms with van der Waals surface area (Å²) < 4.78 is 5.01. The molecule has 0 radical (unpaired) electrons. The highest BCUT2D eigenvalue weighted by Gasteiger charge is 2.01. The first-order valence-corrected chi connectivity index (χ1v) is 6.41. The van der Waals surface area contributed by atoms with Crippen LogP contribution in [0.25, 0.3) is 0 Å². The van der Waals surface area contributed by atoms with Crippen molar-refractivity contribution in [3.05, 3.63) is 0 Å². The Morgan fingerprint density at radius 1 is 1.41 bits per heavy atom. The Kier molecular flexibility index (Phi) is 9.86. The van der Waals surface area contributed by atoms with E-state index in [9.17, 15) is 0 Å². The molecule has 0 aliphatic heterocycles. The maximum absolute atomic E-state index is 5.76. The maximum Gasteiger partial charge on any atom is 0.188 e. The summed E-state index contributed by atoms with van der Waals surface area (Å²) in [6.07, 6.45) is 1.04. The van der Waals surface area contributed by atoms with Gasteiger partial charge in [-0.1, -0.05) is 13.8 Å². The van der Waals surface area contributed by atoms with Crippen molar-refractivity contribution in [2.24, 2.45) is 10.7 Å². The van der Waals surface area contributed by atoms with Crippen molar-refractivity contribution in [1.82, 2.24) is 10.2 Å². The van der Waals surface area contributed by atoms with Crippen molar-refractivity contribution in [2.75, 3.05) is 39.9 Å². The fourth-order valence-corrected chi connectivity index (χ4v) is 1.62. The first-order valence-electron chi connectivity index (χ1n) is 6.41. The summed E-state index contributed by atoms with van der Waals surface area (Å²) >= 11 is 0. The Labute approximate surface area is 105 Å². The van der Waals surface area contributed by atoms with Crippen LogP contribution < -0.4 is 11.1 Å². The maximum atomic E-state index is 5.76. The van der Waals surface area contributed by atoms with E-state index in [1.54, 1.807) is 7.11 Å². The zero-order valence-corrected chi connectivity index (χ0v) is 11.7. The number of guanidine groups is 1. The molecule has 5 nitrogen and oxygen atoms in total. The van der Waals surface area contributed by atoms with Gasteiger partial charge in [0.15, 0.2) is 5.96 Å². The number of nitrogens with two attached hydrogens (primary N) is 1. The number of nitrogens with one attached hydrogen (secondary N) is 1. The molecule has 17 heavy (non-hydrogen) atoms. The van der Waals surface area contributed by atoms with E-state index in [1.807, 2.05) is 6.92 Å². The molecule has 0 aromatic carbocycles. The minimum atomic E-state index is 0.200. The molecule has 102 valence electrons. The van der Waals surface area contributed by atoms with Gasteiger partial charge >= 0.3 is 0 Å². The number of rotatable bonds is 9. The van der Waals surface area contributed by atoms with Gasteiger partial charge in [-0.3, -0.25) is 4.99 Å². The third kappa shape index (κ3) is 8.94. The smallest absolute Gasteiger partial charge is 0.188 e. The van der Waals surface area contributed by atoms with Gasteiger partial charge in [0.05, 0.1) is 6.61 Å². The van der Waals surface area contributed by atoms with Crippen LogP contribution in [0.1, 0.15) is 27.2 Å². The van der Waals surface area contributed by atoms with Gasteiger partial charge in [0, 0.05) is 19.7 Å². The van der Waals surface area contributed by atoms with Gasteiger partial charge in [-0.05, 0) is 33.0 Å². The zero-order valence-electron chi connectivity index (χ0n) is 11.7. The largest absolute Gasteiger partial charge is 0.383 e. The first kappa shape index (κ1) is 16.2. The molecular formula is C12H28N4O. The third-order valence-corrected chi connectivity index (χ3v) is 2.62. The summed E-state index contributed by atoms with van der Waals surface area (Å²) in [5.41, 5.74) is 5.76. The molecule has 0 spiro atoms. The number of nitrogens with zero attached hydrogens (tertiary/aromatic N) is 2. The van der Waals surface area contributed by atoms with Gasteiger partial charge in [0.1, 0.15) is 0 Å². The first-order chi connectivity index (χ1) is 8.13. The van der Waals surface area contributed by atoms with Gasteiger partial charge in [0.2, 0.25) is 0 Å². The highest BCUT2D eigenvalue weighted by Crippen LogP contribution is 1.91. The Hall–Kier alpha value is -0.810. The molecule has 5 heteroatoms. The number of hydrogen-bond acceptors (Lipinski definition) is 3. The number of hydrogen-bond donors (Lipinski definition) is 2. The predicted molar refractivity (Wildman–Crippen MR) is 73.4 cm³/mol. The fourth-order valence-electron chi connectivity index (χ4n) is 1.62. The molecule has 1 unspecified atom stereocenters. The van der Waals surface area contributed by atoms with Gasteiger partial charge in [0.25, 0.3) is 0 Å². The van der Waals surface area contributed by atoms with Crippen LogP contribution in [0.5, 0.6) is 0 Å². The number of methoxy groups -OCH3 is 1. The van der Waals surface area contributed by atoms with Gasteiger partial charge in [-0.25, -0.2) is 0 Å². The molecule has 0 aromatic rings. The van der Waals surface area contributed by atoms with Gasteiger partial charge in [-0.15, -0.1) is 0 Å². The Bertz CT molecular complexity index is 205. The summed E-state index contributed by atoms with van der Waals surface area (Å²) in [5, 5.41) is 3.09. The van der Waals surface area contributed by atoms with Crippen molar-refractivity contribution in [2.45, 2.75) is 33.2 Å². The minimum absolute atomic E-state index is 0.200. The number of aliphatic imine (C=N–C) groups is 1. The van der Waals surface area contributed by atoms with Crippen molar-refractivity contribution < 1.29 is 4.74 Å². The second-order valence-corrected chi connectivity index (χ2v) is 4.15. The zero-order chi connectivity index (χ0) is 13.1. The molecule has 3 N–H and O–H groups in total. The van der Waals surface area contributed by atoms with Crippen LogP contribution >= 0.6 is 0 Å². The summed E-state index contributed by atoms with van der Waals surface area (Å²) in [6.45, 7) is 11.0. The average molecular weight is 244 g/mol. The number of ether oxygens (including phenoxy) is 1.